The van der Waals surface area contributed by atoms with Crippen molar-refractivity contribution >= 4 is 23.2 Å². The first kappa shape index (κ1) is 14.1. The topological polar surface area (TPSA) is 21.3 Å². The van der Waals surface area contributed by atoms with Crippen LogP contribution in [0.15, 0.2) is 18.2 Å². The molecule has 1 heterocycles. The van der Waals surface area contributed by atoms with Crippen LogP contribution in [0.1, 0.15) is 31.4 Å². The van der Waals surface area contributed by atoms with Crippen LogP contribution in [0.4, 0.5) is 0 Å². The van der Waals surface area contributed by atoms with Gasteiger partial charge in [0.15, 0.2) is 0 Å². The lowest BCUT2D eigenvalue weighted by Gasteiger charge is -2.31. The van der Waals surface area contributed by atoms with Gasteiger partial charge in [-0.25, -0.2) is 0 Å². The molecule has 0 saturated carbocycles. The average Bonchev–Trinajstić information content (AvgIpc) is 2.41. The predicted octanol–water partition coefficient (Wildman–Crippen LogP) is 4.07. The molecule has 2 rings (SSSR count). The normalized spacial score (nSPS) is 21.8. The lowest BCUT2D eigenvalue weighted by molar-refractivity contribution is 0.0393. The Bertz CT molecular complexity index is 391. The molecule has 1 aliphatic rings. The zero-order valence-electron chi connectivity index (χ0n) is 10.6. The van der Waals surface area contributed by atoms with Crippen LogP contribution in [-0.4, -0.2) is 19.8 Å². The van der Waals surface area contributed by atoms with E-state index in [1.165, 1.54) is 6.42 Å². The number of benzene rings is 1. The van der Waals surface area contributed by atoms with Crippen molar-refractivity contribution in [1.29, 1.82) is 0 Å². The van der Waals surface area contributed by atoms with Crippen LogP contribution >= 0.6 is 23.2 Å². The fourth-order valence-corrected chi connectivity index (χ4v) is 2.97. The van der Waals surface area contributed by atoms with Crippen LogP contribution in [0, 0.1) is 5.92 Å². The van der Waals surface area contributed by atoms with Crippen molar-refractivity contribution < 1.29 is 4.74 Å². The minimum atomic E-state index is 0.224. The molecule has 1 saturated heterocycles. The Kier molecular flexibility index (Phi) is 5.31. The summed E-state index contributed by atoms with van der Waals surface area (Å²) < 4.78 is 5.58. The molecule has 18 heavy (non-hydrogen) atoms. The maximum atomic E-state index is 6.33. The molecule has 2 nitrogen and oxygen atoms in total. The zero-order chi connectivity index (χ0) is 13.0. The smallest absolute Gasteiger partial charge is 0.0640 e. The second-order valence-electron chi connectivity index (χ2n) is 4.66. The van der Waals surface area contributed by atoms with Crippen molar-refractivity contribution in [3.05, 3.63) is 33.8 Å². The van der Waals surface area contributed by atoms with Gasteiger partial charge in [0.2, 0.25) is 0 Å². The SMILES string of the molecule is CCNC(c1cccc(Cl)c1Cl)C1CCCOC1. The fourth-order valence-electron chi connectivity index (χ4n) is 2.54. The van der Waals surface area contributed by atoms with E-state index in [2.05, 4.69) is 18.3 Å². The number of hydrogen-bond acceptors (Lipinski definition) is 2. The first-order valence-electron chi connectivity index (χ1n) is 6.49. The van der Waals surface area contributed by atoms with E-state index in [9.17, 15) is 0 Å². The van der Waals surface area contributed by atoms with Gasteiger partial charge in [-0.05, 0) is 31.0 Å². The lowest BCUT2D eigenvalue weighted by Crippen LogP contribution is -2.33. The number of hydrogen-bond donors (Lipinski definition) is 1. The molecule has 2 atom stereocenters. The summed E-state index contributed by atoms with van der Waals surface area (Å²) in [6.45, 7) is 4.68. The van der Waals surface area contributed by atoms with E-state index in [0.717, 1.165) is 31.7 Å². The number of rotatable bonds is 4. The Balaban J connectivity index is 2.25. The Morgan fingerprint density at radius 3 is 2.94 bits per heavy atom. The van der Waals surface area contributed by atoms with E-state index in [0.29, 0.717) is 16.0 Å². The summed E-state index contributed by atoms with van der Waals surface area (Å²) in [5.74, 6) is 0.467. The van der Waals surface area contributed by atoms with Gasteiger partial charge in [0.05, 0.1) is 16.7 Å². The molecule has 1 aliphatic heterocycles. The minimum absolute atomic E-state index is 0.224. The van der Waals surface area contributed by atoms with Crippen LogP contribution in [0.3, 0.4) is 0 Å². The maximum absolute atomic E-state index is 6.33. The second-order valence-corrected chi connectivity index (χ2v) is 5.44. The third-order valence-corrected chi connectivity index (χ3v) is 4.24. The van der Waals surface area contributed by atoms with Crippen LogP contribution in [-0.2, 0) is 4.74 Å². The summed E-state index contributed by atoms with van der Waals surface area (Å²) >= 11 is 12.4. The van der Waals surface area contributed by atoms with Gasteiger partial charge in [-0.1, -0.05) is 42.3 Å². The molecule has 1 aromatic carbocycles. The lowest BCUT2D eigenvalue weighted by atomic mass is 9.88. The highest BCUT2D eigenvalue weighted by atomic mass is 35.5. The summed E-state index contributed by atoms with van der Waals surface area (Å²) in [7, 11) is 0. The second kappa shape index (κ2) is 6.76. The molecule has 100 valence electrons. The Morgan fingerprint density at radius 1 is 1.44 bits per heavy atom. The Hall–Kier alpha value is -0.280. The van der Waals surface area contributed by atoms with Gasteiger partial charge in [0.1, 0.15) is 0 Å². The summed E-state index contributed by atoms with van der Waals surface area (Å²) in [5, 5.41) is 4.80. The number of ether oxygens (including phenoxy) is 1. The molecule has 0 bridgehead atoms. The van der Waals surface area contributed by atoms with Crippen molar-refractivity contribution in [2.75, 3.05) is 19.8 Å². The van der Waals surface area contributed by atoms with Gasteiger partial charge >= 0.3 is 0 Å². The van der Waals surface area contributed by atoms with Crippen molar-refractivity contribution in [1.82, 2.24) is 5.32 Å². The van der Waals surface area contributed by atoms with Crippen LogP contribution in [0.5, 0.6) is 0 Å². The molecule has 0 radical (unpaired) electrons. The Labute approximate surface area is 119 Å². The van der Waals surface area contributed by atoms with E-state index in [-0.39, 0.29) is 6.04 Å². The number of halogens is 2. The molecule has 0 amide bonds. The van der Waals surface area contributed by atoms with Crippen LogP contribution in [0.25, 0.3) is 0 Å². The highest BCUT2D eigenvalue weighted by Crippen LogP contribution is 2.35. The van der Waals surface area contributed by atoms with Gasteiger partial charge in [-0.2, -0.15) is 0 Å². The van der Waals surface area contributed by atoms with E-state index in [4.69, 9.17) is 27.9 Å². The third-order valence-electron chi connectivity index (χ3n) is 3.41. The standard InChI is InChI=1S/C14H19Cl2NO/c1-2-17-14(10-5-4-8-18-9-10)11-6-3-7-12(15)13(11)16/h3,6-7,10,14,17H,2,4-5,8-9H2,1H3. The zero-order valence-corrected chi connectivity index (χ0v) is 12.1. The van der Waals surface area contributed by atoms with Gasteiger partial charge in [0.25, 0.3) is 0 Å². The molecular weight excluding hydrogens is 269 g/mol. The van der Waals surface area contributed by atoms with Crippen molar-refractivity contribution in [2.24, 2.45) is 5.92 Å². The molecule has 2 unspecified atom stereocenters. The van der Waals surface area contributed by atoms with E-state index in [1.54, 1.807) is 0 Å². The van der Waals surface area contributed by atoms with E-state index in [1.807, 2.05) is 12.1 Å². The highest BCUT2D eigenvalue weighted by Gasteiger charge is 2.26. The molecule has 0 aliphatic carbocycles. The third kappa shape index (κ3) is 3.18. The van der Waals surface area contributed by atoms with Gasteiger partial charge in [0, 0.05) is 18.6 Å². The van der Waals surface area contributed by atoms with Crippen molar-refractivity contribution in [2.45, 2.75) is 25.8 Å². The first-order chi connectivity index (χ1) is 8.74. The quantitative estimate of drug-likeness (QED) is 0.901. The van der Waals surface area contributed by atoms with Crippen molar-refractivity contribution in [3.63, 3.8) is 0 Å². The van der Waals surface area contributed by atoms with E-state index < -0.39 is 0 Å². The monoisotopic (exact) mass is 287 g/mol. The summed E-state index contributed by atoms with van der Waals surface area (Å²) in [5.41, 5.74) is 1.08. The Morgan fingerprint density at radius 2 is 2.28 bits per heavy atom. The van der Waals surface area contributed by atoms with Crippen LogP contribution < -0.4 is 5.32 Å². The molecule has 1 fully saturated rings. The molecular formula is C14H19Cl2NO. The summed E-state index contributed by atoms with van der Waals surface area (Å²) in [4.78, 5) is 0. The van der Waals surface area contributed by atoms with Crippen LogP contribution in [0.2, 0.25) is 10.0 Å². The number of nitrogens with one attached hydrogen (secondary N) is 1. The highest BCUT2D eigenvalue weighted by molar-refractivity contribution is 6.42. The summed E-state index contributed by atoms with van der Waals surface area (Å²) in [6, 6.07) is 6.06. The van der Waals surface area contributed by atoms with Gasteiger partial charge < -0.3 is 10.1 Å². The fraction of sp³-hybridized carbons (Fsp3) is 0.571. The summed E-state index contributed by atoms with van der Waals surface area (Å²) in [6.07, 6.45) is 2.28. The minimum Gasteiger partial charge on any atom is -0.381 e. The molecule has 0 spiro atoms. The largest absolute Gasteiger partial charge is 0.381 e. The first-order valence-corrected chi connectivity index (χ1v) is 7.24. The molecule has 1 N–H and O–H groups in total. The van der Waals surface area contributed by atoms with Crippen molar-refractivity contribution in [3.8, 4) is 0 Å². The van der Waals surface area contributed by atoms with Gasteiger partial charge in [-0.15, -0.1) is 0 Å². The average molecular weight is 288 g/mol. The van der Waals surface area contributed by atoms with E-state index >= 15 is 0 Å². The molecule has 4 heteroatoms. The molecule has 0 aromatic heterocycles. The van der Waals surface area contributed by atoms with Gasteiger partial charge in [-0.3, -0.25) is 0 Å². The predicted molar refractivity (Wildman–Crippen MR) is 76.4 cm³/mol. The maximum Gasteiger partial charge on any atom is 0.0640 e. The molecule has 1 aromatic rings.